The summed E-state index contributed by atoms with van der Waals surface area (Å²) in [5, 5.41) is 3.48. The molecule has 1 N–H and O–H groups in total. The van der Waals surface area contributed by atoms with Gasteiger partial charge in [0.25, 0.3) is 0 Å². The van der Waals surface area contributed by atoms with Crippen LogP contribution in [0.4, 0.5) is 11.4 Å². The highest BCUT2D eigenvalue weighted by Gasteiger charge is 2.18. The Hall–Kier alpha value is -2.17. The maximum atomic E-state index is 5.50. The molecule has 0 saturated carbocycles. The van der Waals surface area contributed by atoms with Crippen LogP contribution >= 0.6 is 0 Å². The zero-order valence-corrected chi connectivity index (χ0v) is 12.4. The number of furan rings is 1. The van der Waals surface area contributed by atoms with Gasteiger partial charge in [0.15, 0.2) is 0 Å². The highest BCUT2D eigenvalue weighted by atomic mass is 16.5. The van der Waals surface area contributed by atoms with E-state index in [0.29, 0.717) is 5.88 Å². The monoisotopic (exact) mass is 275 g/mol. The summed E-state index contributed by atoms with van der Waals surface area (Å²) in [6.07, 6.45) is 4.33. The fourth-order valence-electron chi connectivity index (χ4n) is 2.13. The van der Waals surface area contributed by atoms with Crippen molar-refractivity contribution < 1.29 is 9.15 Å². The van der Waals surface area contributed by atoms with Crippen LogP contribution in [0.2, 0.25) is 0 Å². The molecule has 5 nitrogen and oxygen atoms in total. The van der Waals surface area contributed by atoms with Crippen molar-refractivity contribution >= 4 is 11.4 Å². The number of pyridine rings is 1. The lowest BCUT2D eigenvalue weighted by Gasteiger charge is -2.23. The number of anilines is 2. The topological polar surface area (TPSA) is 50.5 Å². The third-order valence-corrected chi connectivity index (χ3v) is 3.18. The Kier molecular flexibility index (Phi) is 4.50. The van der Waals surface area contributed by atoms with Crippen molar-refractivity contribution in [3.63, 3.8) is 0 Å². The first-order valence-electron chi connectivity index (χ1n) is 6.67. The molecule has 1 unspecified atom stereocenters. The summed E-state index contributed by atoms with van der Waals surface area (Å²) in [7, 11) is 5.61. The van der Waals surface area contributed by atoms with Crippen LogP contribution in [-0.4, -0.2) is 26.2 Å². The van der Waals surface area contributed by atoms with E-state index in [1.54, 1.807) is 19.6 Å². The van der Waals surface area contributed by atoms with E-state index in [1.807, 2.05) is 37.2 Å². The summed E-state index contributed by atoms with van der Waals surface area (Å²) in [5.74, 6) is 1.49. The number of methoxy groups -OCH3 is 1. The predicted octanol–water partition coefficient (Wildman–Crippen LogP) is 3.31. The zero-order valence-electron chi connectivity index (χ0n) is 12.4. The quantitative estimate of drug-likeness (QED) is 0.876. The third-order valence-electron chi connectivity index (χ3n) is 3.18. The van der Waals surface area contributed by atoms with Gasteiger partial charge in [-0.2, -0.15) is 0 Å². The molecule has 0 aliphatic carbocycles. The van der Waals surface area contributed by atoms with E-state index in [0.717, 1.165) is 23.6 Å². The van der Waals surface area contributed by atoms with Crippen LogP contribution < -0.4 is 15.0 Å². The second-order valence-electron chi connectivity index (χ2n) is 4.73. The van der Waals surface area contributed by atoms with Crippen LogP contribution in [0, 0.1) is 0 Å². The van der Waals surface area contributed by atoms with Crippen molar-refractivity contribution in [3.05, 3.63) is 36.4 Å². The van der Waals surface area contributed by atoms with E-state index in [4.69, 9.17) is 9.15 Å². The fourth-order valence-corrected chi connectivity index (χ4v) is 2.13. The summed E-state index contributed by atoms with van der Waals surface area (Å²) in [5.41, 5.74) is 1.91. The van der Waals surface area contributed by atoms with Gasteiger partial charge in [-0.15, -0.1) is 0 Å². The molecule has 0 fully saturated rings. The van der Waals surface area contributed by atoms with Crippen LogP contribution in [0.25, 0.3) is 0 Å². The SMILES string of the molecule is CCC(Nc1c(N(C)C)ccnc1OC)c1ccco1. The van der Waals surface area contributed by atoms with Gasteiger partial charge in [0.1, 0.15) is 11.4 Å². The number of nitrogens with one attached hydrogen (secondary N) is 1. The minimum atomic E-state index is 0.0850. The number of nitrogens with zero attached hydrogens (tertiary/aromatic N) is 2. The van der Waals surface area contributed by atoms with Gasteiger partial charge in [0.05, 0.1) is 25.1 Å². The van der Waals surface area contributed by atoms with Crippen molar-refractivity contribution in [1.82, 2.24) is 4.98 Å². The summed E-state index contributed by atoms with van der Waals surface area (Å²) in [4.78, 5) is 6.30. The Morgan fingerprint density at radius 3 is 2.75 bits per heavy atom. The number of hydrogen-bond acceptors (Lipinski definition) is 5. The highest BCUT2D eigenvalue weighted by Crippen LogP contribution is 2.35. The predicted molar refractivity (Wildman–Crippen MR) is 80.5 cm³/mol. The third kappa shape index (κ3) is 2.87. The minimum absolute atomic E-state index is 0.0850. The minimum Gasteiger partial charge on any atom is -0.479 e. The molecule has 1 atom stereocenters. The van der Waals surface area contributed by atoms with Gasteiger partial charge in [-0.1, -0.05) is 6.92 Å². The molecule has 0 saturated heterocycles. The standard InChI is InChI=1S/C15H21N3O2/c1-5-11(13-7-6-10-20-13)17-14-12(18(2)3)8-9-16-15(14)19-4/h6-11,17H,5H2,1-4H3. The van der Waals surface area contributed by atoms with Crippen molar-refractivity contribution in [1.29, 1.82) is 0 Å². The van der Waals surface area contributed by atoms with Crippen LogP contribution in [0.15, 0.2) is 35.1 Å². The molecule has 0 bridgehead atoms. The van der Waals surface area contributed by atoms with Crippen LogP contribution in [0.5, 0.6) is 5.88 Å². The average molecular weight is 275 g/mol. The van der Waals surface area contributed by atoms with Crippen LogP contribution in [0.1, 0.15) is 25.1 Å². The largest absolute Gasteiger partial charge is 0.479 e. The molecule has 2 rings (SSSR count). The first-order chi connectivity index (χ1) is 9.67. The van der Waals surface area contributed by atoms with Gasteiger partial charge in [-0.25, -0.2) is 4.98 Å². The summed E-state index contributed by atoms with van der Waals surface area (Å²) < 4.78 is 10.9. The van der Waals surface area contributed by atoms with E-state index >= 15 is 0 Å². The molecule has 5 heteroatoms. The van der Waals surface area contributed by atoms with Gasteiger partial charge in [-0.05, 0) is 24.6 Å². The fraction of sp³-hybridized carbons (Fsp3) is 0.400. The maximum absolute atomic E-state index is 5.50. The molecule has 0 aliphatic rings. The zero-order chi connectivity index (χ0) is 14.5. The first kappa shape index (κ1) is 14.2. The lowest BCUT2D eigenvalue weighted by atomic mass is 10.1. The molecular formula is C15H21N3O2. The summed E-state index contributed by atoms with van der Waals surface area (Å²) >= 11 is 0. The Labute approximate surface area is 119 Å². The van der Waals surface area contributed by atoms with Crippen LogP contribution in [-0.2, 0) is 0 Å². The Bertz CT molecular complexity index is 538. The van der Waals surface area contributed by atoms with E-state index in [9.17, 15) is 0 Å². The van der Waals surface area contributed by atoms with Crippen molar-refractivity contribution in [3.8, 4) is 5.88 Å². The number of ether oxygens (including phenoxy) is 1. The molecule has 108 valence electrons. The normalized spacial score (nSPS) is 12.0. The van der Waals surface area contributed by atoms with E-state index < -0.39 is 0 Å². The molecule has 0 aliphatic heterocycles. The number of aromatic nitrogens is 1. The molecule has 0 amide bonds. The second-order valence-corrected chi connectivity index (χ2v) is 4.73. The maximum Gasteiger partial charge on any atom is 0.239 e. The van der Waals surface area contributed by atoms with E-state index in [1.165, 1.54) is 0 Å². The first-order valence-corrected chi connectivity index (χ1v) is 6.67. The molecule has 2 aromatic rings. The molecule has 0 radical (unpaired) electrons. The second kappa shape index (κ2) is 6.32. The smallest absolute Gasteiger partial charge is 0.239 e. The molecular weight excluding hydrogens is 254 g/mol. The van der Waals surface area contributed by atoms with Crippen molar-refractivity contribution in [2.75, 3.05) is 31.4 Å². The molecule has 20 heavy (non-hydrogen) atoms. The lowest BCUT2D eigenvalue weighted by molar-refractivity contribution is 0.398. The van der Waals surface area contributed by atoms with Gasteiger partial charge in [0.2, 0.25) is 5.88 Å². The van der Waals surface area contributed by atoms with E-state index in [-0.39, 0.29) is 6.04 Å². The highest BCUT2D eigenvalue weighted by molar-refractivity contribution is 5.74. The average Bonchev–Trinajstić information content (AvgIpc) is 2.98. The Morgan fingerprint density at radius 1 is 1.40 bits per heavy atom. The Balaban J connectivity index is 2.36. The summed E-state index contributed by atoms with van der Waals surface area (Å²) in [6, 6.07) is 5.91. The van der Waals surface area contributed by atoms with Gasteiger partial charge < -0.3 is 19.4 Å². The number of hydrogen-bond donors (Lipinski definition) is 1. The van der Waals surface area contributed by atoms with Crippen molar-refractivity contribution in [2.24, 2.45) is 0 Å². The Morgan fingerprint density at radius 2 is 2.20 bits per heavy atom. The van der Waals surface area contributed by atoms with Crippen molar-refractivity contribution in [2.45, 2.75) is 19.4 Å². The van der Waals surface area contributed by atoms with Gasteiger partial charge in [-0.3, -0.25) is 0 Å². The van der Waals surface area contributed by atoms with Gasteiger partial charge >= 0.3 is 0 Å². The number of rotatable bonds is 6. The van der Waals surface area contributed by atoms with E-state index in [2.05, 4.69) is 17.2 Å². The molecule has 0 spiro atoms. The lowest BCUT2D eigenvalue weighted by Crippen LogP contribution is -2.16. The molecule has 0 aromatic carbocycles. The van der Waals surface area contributed by atoms with Crippen LogP contribution in [0.3, 0.4) is 0 Å². The van der Waals surface area contributed by atoms with Gasteiger partial charge in [0, 0.05) is 20.3 Å². The molecule has 2 aromatic heterocycles. The molecule has 2 heterocycles. The summed E-state index contributed by atoms with van der Waals surface area (Å²) in [6.45, 7) is 2.11.